The Labute approximate surface area is 119 Å². The number of para-hydroxylation sites is 1. The van der Waals surface area contributed by atoms with Gasteiger partial charge in [0.2, 0.25) is 5.78 Å². The molecule has 0 radical (unpaired) electrons. The summed E-state index contributed by atoms with van der Waals surface area (Å²) in [6.45, 7) is 1.90. The second kappa shape index (κ2) is 4.76. The molecular formula is C15H10ClNOS. The molecule has 2 nitrogen and oxygen atoms in total. The topological polar surface area (TPSA) is 30.0 Å². The molecule has 0 aliphatic rings. The highest BCUT2D eigenvalue weighted by Crippen LogP contribution is 2.29. The number of fused-ring (bicyclic) bond motifs is 1. The number of aryl methyl sites for hydroxylation is 1. The van der Waals surface area contributed by atoms with E-state index in [9.17, 15) is 4.79 Å². The average Bonchev–Trinajstić information content (AvgIpc) is 2.78. The van der Waals surface area contributed by atoms with Crippen molar-refractivity contribution in [2.45, 2.75) is 6.92 Å². The number of benzene rings is 1. The van der Waals surface area contributed by atoms with E-state index in [1.165, 1.54) is 11.3 Å². The van der Waals surface area contributed by atoms with E-state index in [1.54, 1.807) is 6.20 Å². The summed E-state index contributed by atoms with van der Waals surface area (Å²) in [5.74, 6) is -0.0682. The summed E-state index contributed by atoms with van der Waals surface area (Å²) < 4.78 is 0. The molecule has 0 bridgehead atoms. The van der Waals surface area contributed by atoms with Gasteiger partial charge in [-0.25, -0.2) is 0 Å². The number of ketones is 1. The van der Waals surface area contributed by atoms with E-state index in [1.807, 2.05) is 42.6 Å². The molecule has 19 heavy (non-hydrogen) atoms. The third-order valence-electron chi connectivity index (χ3n) is 2.96. The Kier molecular flexibility index (Phi) is 3.09. The second-order valence-electron chi connectivity index (χ2n) is 4.31. The van der Waals surface area contributed by atoms with Crippen molar-refractivity contribution in [3.63, 3.8) is 0 Å². The molecule has 1 aromatic carbocycles. The van der Waals surface area contributed by atoms with Crippen LogP contribution in [0.15, 0.2) is 41.9 Å². The number of hydrogen-bond acceptors (Lipinski definition) is 3. The number of carbonyl (C=O) groups excluding carboxylic acids is 1. The SMILES string of the molecule is Cc1csc(C(=O)c2cnc3ccccc3c2)c1Cl. The summed E-state index contributed by atoms with van der Waals surface area (Å²) in [5.41, 5.74) is 2.39. The Morgan fingerprint density at radius 1 is 1.32 bits per heavy atom. The van der Waals surface area contributed by atoms with Crippen LogP contribution in [-0.4, -0.2) is 10.8 Å². The monoisotopic (exact) mass is 287 g/mol. The summed E-state index contributed by atoms with van der Waals surface area (Å²) >= 11 is 7.52. The molecule has 94 valence electrons. The molecule has 4 heteroatoms. The standard InChI is InChI=1S/C15H10ClNOS/c1-9-8-19-15(13(9)16)14(18)11-6-10-4-2-3-5-12(10)17-7-11/h2-8H,1H3. The van der Waals surface area contributed by atoms with Crippen LogP contribution in [0.25, 0.3) is 10.9 Å². The molecule has 3 rings (SSSR count). The molecule has 2 aromatic heterocycles. The minimum Gasteiger partial charge on any atom is -0.288 e. The fourth-order valence-corrected chi connectivity index (χ4v) is 3.15. The van der Waals surface area contributed by atoms with Crippen LogP contribution >= 0.6 is 22.9 Å². The second-order valence-corrected chi connectivity index (χ2v) is 5.57. The Balaban J connectivity index is 2.09. The van der Waals surface area contributed by atoms with E-state index in [2.05, 4.69) is 4.98 Å². The molecule has 0 N–H and O–H groups in total. The van der Waals surface area contributed by atoms with Crippen molar-refractivity contribution >= 4 is 39.6 Å². The first-order chi connectivity index (χ1) is 9.16. The fourth-order valence-electron chi connectivity index (χ4n) is 1.91. The van der Waals surface area contributed by atoms with Crippen molar-refractivity contribution in [2.75, 3.05) is 0 Å². The molecule has 0 unspecified atom stereocenters. The number of aromatic nitrogens is 1. The predicted molar refractivity (Wildman–Crippen MR) is 79.2 cm³/mol. The Morgan fingerprint density at radius 2 is 2.11 bits per heavy atom. The quantitative estimate of drug-likeness (QED) is 0.650. The van der Waals surface area contributed by atoms with Gasteiger partial charge in [0.05, 0.1) is 15.4 Å². The smallest absolute Gasteiger partial charge is 0.206 e. The molecule has 0 aliphatic heterocycles. The number of carbonyl (C=O) groups is 1. The van der Waals surface area contributed by atoms with Crippen LogP contribution in [0.5, 0.6) is 0 Å². The highest BCUT2D eigenvalue weighted by molar-refractivity contribution is 7.13. The molecule has 0 amide bonds. The highest BCUT2D eigenvalue weighted by Gasteiger charge is 2.17. The highest BCUT2D eigenvalue weighted by atomic mass is 35.5. The zero-order chi connectivity index (χ0) is 13.4. The van der Waals surface area contributed by atoms with Gasteiger partial charge in [0, 0.05) is 17.1 Å². The summed E-state index contributed by atoms with van der Waals surface area (Å²) in [4.78, 5) is 17.3. The minimum absolute atomic E-state index is 0.0682. The molecule has 0 saturated heterocycles. The zero-order valence-electron chi connectivity index (χ0n) is 10.2. The molecule has 3 aromatic rings. The van der Waals surface area contributed by atoms with Gasteiger partial charge in [-0.3, -0.25) is 9.78 Å². The Bertz CT molecular complexity index is 779. The van der Waals surface area contributed by atoms with E-state index >= 15 is 0 Å². The van der Waals surface area contributed by atoms with Crippen molar-refractivity contribution in [1.82, 2.24) is 4.98 Å². The molecule has 0 aliphatic carbocycles. The number of hydrogen-bond donors (Lipinski definition) is 0. The number of thiophene rings is 1. The van der Waals surface area contributed by atoms with E-state index in [0.29, 0.717) is 15.5 Å². The molecule has 2 heterocycles. The fraction of sp³-hybridized carbons (Fsp3) is 0.0667. The van der Waals surface area contributed by atoms with E-state index in [0.717, 1.165) is 16.5 Å². The van der Waals surface area contributed by atoms with Crippen molar-refractivity contribution in [3.8, 4) is 0 Å². The summed E-state index contributed by atoms with van der Waals surface area (Å²) in [6, 6.07) is 9.58. The maximum Gasteiger partial charge on any atom is 0.206 e. The lowest BCUT2D eigenvalue weighted by Crippen LogP contribution is -2.00. The predicted octanol–water partition coefficient (Wildman–Crippen LogP) is 4.49. The number of rotatable bonds is 2. The maximum absolute atomic E-state index is 12.4. The molecule has 0 spiro atoms. The molecular weight excluding hydrogens is 278 g/mol. The van der Waals surface area contributed by atoms with Gasteiger partial charge in [0.1, 0.15) is 0 Å². The largest absolute Gasteiger partial charge is 0.288 e. The number of pyridine rings is 1. The van der Waals surface area contributed by atoms with Gasteiger partial charge < -0.3 is 0 Å². The average molecular weight is 288 g/mol. The van der Waals surface area contributed by atoms with Crippen molar-refractivity contribution in [1.29, 1.82) is 0 Å². The minimum atomic E-state index is -0.0682. The van der Waals surface area contributed by atoms with Crippen molar-refractivity contribution in [2.24, 2.45) is 0 Å². The normalized spacial score (nSPS) is 10.8. The van der Waals surface area contributed by atoms with E-state index < -0.39 is 0 Å². The van der Waals surface area contributed by atoms with Gasteiger partial charge in [-0.2, -0.15) is 0 Å². The van der Waals surface area contributed by atoms with E-state index in [-0.39, 0.29) is 5.78 Å². The number of halogens is 1. The van der Waals surface area contributed by atoms with Crippen LogP contribution in [0.1, 0.15) is 20.8 Å². The van der Waals surface area contributed by atoms with Crippen LogP contribution in [0.3, 0.4) is 0 Å². The third kappa shape index (κ3) is 2.15. The van der Waals surface area contributed by atoms with Crippen LogP contribution in [-0.2, 0) is 0 Å². The zero-order valence-corrected chi connectivity index (χ0v) is 11.8. The van der Waals surface area contributed by atoms with Gasteiger partial charge >= 0.3 is 0 Å². The summed E-state index contributed by atoms with van der Waals surface area (Å²) in [5, 5.41) is 3.39. The molecule has 0 fully saturated rings. The van der Waals surface area contributed by atoms with Crippen LogP contribution < -0.4 is 0 Å². The maximum atomic E-state index is 12.4. The Morgan fingerprint density at radius 3 is 2.84 bits per heavy atom. The first-order valence-corrected chi connectivity index (χ1v) is 7.05. The Hall–Kier alpha value is -1.71. The van der Waals surface area contributed by atoms with Crippen LogP contribution in [0.2, 0.25) is 5.02 Å². The van der Waals surface area contributed by atoms with Gasteiger partial charge in [-0.15, -0.1) is 11.3 Å². The molecule has 0 atom stereocenters. The van der Waals surface area contributed by atoms with Crippen molar-refractivity contribution < 1.29 is 4.79 Å². The lowest BCUT2D eigenvalue weighted by atomic mass is 10.1. The summed E-state index contributed by atoms with van der Waals surface area (Å²) in [7, 11) is 0. The van der Waals surface area contributed by atoms with E-state index in [4.69, 9.17) is 11.6 Å². The third-order valence-corrected chi connectivity index (χ3v) is 4.65. The lowest BCUT2D eigenvalue weighted by molar-refractivity contribution is 0.104. The number of nitrogens with zero attached hydrogens (tertiary/aromatic N) is 1. The van der Waals surface area contributed by atoms with Gasteiger partial charge in [0.15, 0.2) is 0 Å². The van der Waals surface area contributed by atoms with Crippen LogP contribution in [0, 0.1) is 6.92 Å². The first kappa shape index (κ1) is 12.3. The molecule has 0 saturated carbocycles. The summed E-state index contributed by atoms with van der Waals surface area (Å²) in [6.07, 6.45) is 1.61. The van der Waals surface area contributed by atoms with Crippen molar-refractivity contribution in [3.05, 3.63) is 62.9 Å². The van der Waals surface area contributed by atoms with Gasteiger partial charge in [-0.1, -0.05) is 29.8 Å². The van der Waals surface area contributed by atoms with Gasteiger partial charge in [0.25, 0.3) is 0 Å². The first-order valence-electron chi connectivity index (χ1n) is 5.80. The van der Waals surface area contributed by atoms with Gasteiger partial charge in [-0.05, 0) is 30.0 Å². The lowest BCUT2D eigenvalue weighted by Gasteiger charge is -2.01. The van der Waals surface area contributed by atoms with Crippen LogP contribution in [0.4, 0.5) is 0 Å².